The van der Waals surface area contributed by atoms with Crippen molar-refractivity contribution in [3.8, 4) is 0 Å². The van der Waals surface area contributed by atoms with Gasteiger partial charge in [-0.05, 0) is 38.4 Å². The molecular weight excluding hydrogens is 296 g/mol. The van der Waals surface area contributed by atoms with Gasteiger partial charge in [-0.15, -0.1) is 0 Å². The van der Waals surface area contributed by atoms with E-state index in [-0.39, 0.29) is 11.6 Å². The minimum Gasteiger partial charge on any atom is -0.385 e. The third-order valence-corrected chi connectivity index (χ3v) is 4.16. The van der Waals surface area contributed by atoms with E-state index in [0.29, 0.717) is 19.0 Å². The number of nitro benzene ring substituents is 1. The molecule has 1 aliphatic rings. The van der Waals surface area contributed by atoms with Gasteiger partial charge in [-0.1, -0.05) is 0 Å². The zero-order valence-corrected chi connectivity index (χ0v) is 13.5. The van der Waals surface area contributed by atoms with Gasteiger partial charge in [0, 0.05) is 49.9 Å². The fourth-order valence-electron chi connectivity index (χ4n) is 2.77. The van der Waals surface area contributed by atoms with Crippen molar-refractivity contribution in [2.45, 2.75) is 31.7 Å². The molecule has 7 nitrogen and oxygen atoms in total. The first-order valence-electron chi connectivity index (χ1n) is 8.03. The minimum absolute atomic E-state index is 0.0786. The van der Waals surface area contributed by atoms with Gasteiger partial charge in [0.15, 0.2) is 0 Å². The number of nitrogens with one attached hydrogen (secondary N) is 2. The first-order chi connectivity index (χ1) is 11.1. The molecule has 2 N–H and O–H groups in total. The summed E-state index contributed by atoms with van der Waals surface area (Å²) in [7, 11) is 1.94. The van der Waals surface area contributed by atoms with Crippen LogP contribution in [0.15, 0.2) is 24.3 Å². The van der Waals surface area contributed by atoms with E-state index in [1.165, 1.54) is 12.1 Å². The summed E-state index contributed by atoms with van der Waals surface area (Å²) in [5.74, 6) is 0.204. The van der Waals surface area contributed by atoms with E-state index >= 15 is 0 Å². The molecule has 2 rings (SSSR count). The van der Waals surface area contributed by atoms with Crippen molar-refractivity contribution in [1.82, 2.24) is 10.2 Å². The smallest absolute Gasteiger partial charge is 0.269 e. The molecule has 1 unspecified atom stereocenters. The lowest BCUT2D eigenvalue weighted by molar-refractivity contribution is -0.384. The Hall–Kier alpha value is -2.15. The van der Waals surface area contributed by atoms with Crippen molar-refractivity contribution in [3.05, 3.63) is 34.4 Å². The van der Waals surface area contributed by atoms with Crippen LogP contribution in [-0.2, 0) is 4.79 Å². The monoisotopic (exact) mass is 320 g/mol. The highest BCUT2D eigenvalue weighted by atomic mass is 16.6. The number of anilines is 1. The predicted molar refractivity (Wildman–Crippen MR) is 89.5 cm³/mol. The highest BCUT2D eigenvalue weighted by Crippen LogP contribution is 2.16. The Balaban J connectivity index is 1.68. The quantitative estimate of drug-likeness (QED) is 0.456. The van der Waals surface area contributed by atoms with E-state index in [2.05, 4.69) is 10.6 Å². The van der Waals surface area contributed by atoms with Gasteiger partial charge in [0.2, 0.25) is 5.91 Å². The summed E-state index contributed by atoms with van der Waals surface area (Å²) in [5, 5.41) is 17.0. The zero-order chi connectivity index (χ0) is 16.7. The number of likely N-dealkylation sites (N-methyl/N-ethyl adjacent to an activating group) is 1. The lowest BCUT2D eigenvalue weighted by Gasteiger charge is -2.32. The zero-order valence-electron chi connectivity index (χ0n) is 13.5. The number of non-ortho nitro benzene ring substituents is 1. The van der Waals surface area contributed by atoms with Gasteiger partial charge in [-0.2, -0.15) is 0 Å². The van der Waals surface area contributed by atoms with Crippen LogP contribution in [0.5, 0.6) is 0 Å². The Bertz CT molecular complexity index is 533. The number of amides is 1. The van der Waals surface area contributed by atoms with E-state index in [9.17, 15) is 14.9 Å². The Labute approximate surface area is 136 Å². The van der Waals surface area contributed by atoms with Crippen molar-refractivity contribution in [3.63, 3.8) is 0 Å². The van der Waals surface area contributed by atoms with Gasteiger partial charge in [0.25, 0.3) is 5.69 Å². The second-order valence-corrected chi connectivity index (χ2v) is 5.80. The Morgan fingerprint density at radius 3 is 2.78 bits per heavy atom. The summed E-state index contributed by atoms with van der Waals surface area (Å²) < 4.78 is 0. The van der Waals surface area contributed by atoms with Crippen molar-refractivity contribution in [2.75, 3.05) is 32.0 Å². The summed E-state index contributed by atoms with van der Waals surface area (Å²) >= 11 is 0. The number of nitro groups is 1. The molecule has 0 aliphatic carbocycles. The normalized spacial score (nSPS) is 17.8. The van der Waals surface area contributed by atoms with Gasteiger partial charge >= 0.3 is 0 Å². The number of hydrogen-bond donors (Lipinski definition) is 2. The van der Waals surface area contributed by atoms with Crippen LogP contribution in [0.2, 0.25) is 0 Å². The summed E-state index contributed by atoms with van der Waals surface area (Å²) in [6.07, 6.45) is 3.45. The first-order valence-corrected chi connectivity index (χ1v) is 8.03. The average Bonchev–Trinajstić information content (AvgIpc) is 2.59. The van der Waals surface area contributed by atoms with Gasteiger partial charge in [0.05, 0.1) is 4.92 Å². The van der Waals surface area contributed by atoms with Gasteiger partial charge in [0.1, 0.15) is 0 Å². The number of piperidine rings is 1. The number of rotatable bonds is 7. The van der Waals surface area contributed by atoms with Crippen LogP contribution in [-0.4, -0.2) is 48.5 Å². The van der Waals surface area contributed by atoms with E-state index in [0.717, 1.165) is 38.0 Å². The lowest BCUT2D eigenvalue weighted by atomic mass is 10.1. The molecule has 0 radical (unpaired) electrons. The van der Waals surface area contributed by atoms with Crippen LogP contribution >= 0.6 is 0 Å². The third kappa shape index (κ3) is 5.21. The number of likely N-dealkylation sites (tertiary alicyclic amines) is 1. The van der Waals surface area contributed by atoms with Crippen LogP contribution in [0.1, 0.15) is 25.7 Å². The largest absolute Gasteiger partial charge is 0.385 e. The second kappa shape index (κ2) is 8.47. The molecule has 0 spiro atoms. The number of carbonyl (C=O) groups excluding carboxylic acids is 1. The van der Waals surface area contributed by atoms with E-state index in [4.69, 9.17) is 0 Å². The van der Waals surface area contributed by atoms with Crippen molar-refractivity contribution >= 4 is 17.3 Å². The number of benzene rings is 1. The SMILES string of the molecule is CNC1CCCN(C(=O)CCCNc2ccc([N+](=O)[O-])cc2)C1. The summed E-state index contributed by atoms with van der Waals surface area (Å²) in [6.45, 7) is 2.32. The second-order valence-electron chi connectivity index (χ2n) is 5.80. The molecule has 0 saturated carbocycles. The van der Waals surface area contributed by atoms with Crippen LogP contribution in [0.25, 0.3) is 0 Å². The predicted octanol–water partition coefficient (Wildman–Crippen LogP) is 2.00. The maximum atomic E-state index is 12.2. The topological polar surface area (TPSA) is 87.5 Å². The standard InChI is InChI=1S/C16H24N4O3/c1-17-14-4-3-11-19(12-14)16(21)5-2-10-18-13-6-8-15(9-7-13)20(22)23/h6-9,14,17-18H,2-5,10-12H2,1H3. The van der Waals surface area contributed by atoms with Crippen molar-refractivity contribution in [2.24, 2.45) is 0 Å². The van der Waals surface area contributed by atoms with Crippen molar-refractivity contribution in [1.29, 1.82) is 0 Å². The van der Waals surface area contributed by atoms with Crippen LogP contribution in [0.3, 0.4) is 0 Å². The van der Waals surface area contributed by atoms with Crippen LogP contribution in [0.4, 0.5) is 11.4 Å². The van der Waals surface area contributed by atoms with Gasteiger partial charge < -0.3 is 15.5 Å². The third-order valence-electron chi connectivity index (χ3n) is 4.16. The maximum absolute atomic E-state index is 12.2. The van der Waals surface area contributed by atoms with E-state index < -0.39 is 4.92 Å². The Kier molecular flexibility index (Phi) is 6.34. The lowest BCUT2D eigenvalue weighted by Crippen LogP contribution is -2.46. The molecule has 0 aromatic heterocycles. The van der Waals surface area contributed by atoms with Crippen LogP contribution < -0.4 is 10.6 Å². The Morgan fingerprint density at radius 1 is 1.39 bits per heavy atom. The molecule has 126 valence electrons. The molecule has 1 amide bonds. The molecule has 0 bridgehead atoms. The fourth-order valence-corrected chi connectivity index (χ4v) is 2.77. The molecular formula is C16H24N4O3. The minimum atomic E-state index is -0.417. The summed E-state index contributed by atoms with van der Waals surface area (Å²) in [6, 6.07) is 6.72. The number of carbonyl (C=O) groups is 1. The molecule has 1 aromatic rings. The first kappa shape index (κ1) is 17.2. The molecule has 1 atom stereocenters. The molecule has 1 heterocycles. The highest BCUT2D eigenvalue weighted by Gasteiger charge is 2.21. The number of nitrogens with zero attached hydrogens (tertiary/aromatic N) is 2. The van der Waals surface area contributed by atoms with Crippen molar-refractivity contribution < 1.29 is 9.72 Å². The molecule has 1 aliphatic heterocycles. The molecule has 1 aromatic carbocycles. The fraction of sp³-hybridized carbons (Fsp3) is 0.562. The van der Waals surface area contributed by atoms with Gasteiger partial charge in [-0.25, -0.2) is 0 Å². The highest BCUT2D eigenvalue weighted by molar-refractivity contribution is 5.76. The van der Waals surface area contributed by atoms with E-state index in [1.54, 1.807) is 12.1 Å². The van der Waals surface area contributed by atoms with Crippen LogP contribution in [0, 0.1) is 10.1 Å². The maximum Gasteiger partial charge on any atom is 0.269 e. The molecule has 23 heavy (non-hydrogen) atoms. The average molecular weight is 320 g/mol. The summed E-state index contributed by atoms with van der Waals surface area (Å²) in [5.41, 5.74) is 0.909. The molecule has 1 fully saturated rings. The number of hydrogen-bond acceptors (Lipinski definition) is 5. The van der Waals surface area contributed by atoms with Gasteiger partial charge in [-0.3, -0.25) is 14.9 Å². The van der Waals surface area contributed by atoms with E-state index in [1.807, 2.05) is 11.9 Å². The molecule has 7 heteroatoms. The molecule has 1 saturated heterocycles. The summed E-state index contributed by atoms with van der Waals surface area (Å²) in [4.78, 5) is 24.3. The Morgan fingerprint density at radius 2 is 2.13 bits per heavy atom.